The lowest BCUT2D eigenvalue weighted by Gasteiger charge is -2.36. The lowest BCUT2D eigenvalue weighted by molar-refractivity contribution is -0.132. The third kappa shape index (κ3) is 5.25. The number of benzene rings is 2. The molecule has 2 aromatic rings. The monoisotopic (exact) mass is 491 g/mol. The fourth-order valence-corrected chi connectivity index (χ4v) is 3.92. The van der Waals surface area contributed by atoms with Crippen LogP contribution in [-0.4, -0.2) is 42.9 Å². The molecule has 0 saturated carbocycles. The van der Waals surface area contributed by atoms with Crippen molar-refractivity contribution >= 4 is 45.8 Å². The van der Waals surface area contributed by atoms with E-state index in [9.17, 15) is 9.59 Å². The number of anilines is 2. The van der Waals surface area contributed by atoms with Crippen molar-refractivity contribution < 1.29 is 9.59 Å². The molecule has 1 N–H and O–H groups in total. The second-order valence-electron chi connectivity index (χ2n) is 7.45. The number of nitrogens with zero attached hydrogens (tertiary/aromatic N) is 2. The van der Waals surface area contributed by atoms with Crippen LogP contribution in [0.25, 0.3) is 0 Å². The van der Waals surface area contributed by atoms with E-state index in [1.54, 1.807) is 0 Å². The third-order valence-corrected chi connectivity index (χ3v) is 5.76. The quantitative estimate of drug-likeness (QED) is 0.637. The first-order chi connectivity index (χ1) is 13.4. The molecule has 0 atom stereocenters. The Morgan fingerprint density at radius 1 is 1.00 bits per heavy atom. The summed E-state index contributed by atoms with van der Waals surface area (Å²) >= 11 is 2.17. The molecule has 0 aliphatic carbocycles. The lowest BCUT2D eigenvalue weighted by atomic mass is 10.1. The van der Waals surface area contributed by atoms with Gasteiger partial charge in [0, 0.05) is 47.5 Å². The van der Waals surface area contributed by atoms with Crippen LogP contribution in [-0.2, 0) is 4.79 Å². The highest BCUT2D eigenvalue weighted by Crippen LogP contribution is 2.21. The number of piperazine rings is 1. The summed E-state index contributed by atoms with van der Waals surface area (Å²) in [6.07, 6.45) is 0.620. The Kier molecular flexibility index (Phi) is 6.93. The van der Waals surface area contributed by atoms with E-state index >= 15 is 0 Å². The highest BCUT2D eigenvalue weighted by atomic mass is 127. The van der Waals surface area contributed by atoms with Crippen LogP contribution in [0, 0.1) is 9.49 Å². The van der Waals surface area contributed by atoms with Gasteiger partial charge in [-0.1, -0.05) is 26.0 Å². The topological polar surface area (TPSA) is 52.7 Å². The van der Waals surface area contributed by atoms with E-state index in [1.807, 2.05) is 53.4 Å². The molecule has 2 aromatic carbocycles. The van der Waals surface area contributed by atoms with Gasteiger partial charge in [0.25, 0.3) is 5.91 Å². The fourth-order valence-electron chi connectivity index (χ4n) is 3.29. The predicted molar refractivity (Wildman–Crippen MR) is 122 cm³/mol. The summed E-state index contributed by atoms with van der Waals surface area (Å²) in [5, 5.41) is 2.95. The van der Waals surface area contributed by atoms with Crippen molar-refractivity contribution in [1.82, 2.24) is 4.90 Å². The smallest absolute Gasteiger partial charge is 0.256 e. The SMILES string of the molecule is CC(C)CC(=O)N1CCN(c2ccc(NC(=O)c3ccccc3I)cc2)CC1. The predicted octanol–water partition coefficient (Wildman–Crippen LogP) is 4.24. The molecule has 6 heteroatoms. The van der Waals surface area contributed by atoms with Crippen LogP contribution in [0.2, 0.25) is 0 Å². The van der Waals surface area contributed by atoms with Crippen LogP contribution in [0.5, 0.6) is 0 Å². The maximum absolute atomic E-state index is 12.4. The van der Waals surface area contributed by atoms with Gasteiger partial charge >= 0.3 is 0 Å². The van der Waals surface area contributed by atoms with E-state index in [4.69, 9.17) is 0 Å². The first-order valence-corrected chi connectivity index (χ1v) is 10.7. The van der Waals surface area contributed by atoms with Crippen molar-refractivity contribution in [3.63, 3.8) is 0 Å². The molecule has 1 saturated heterocycles. The van der Waals surface area contributed by atoms with Gasteiger partial charge in [0.15, 0.2) is 0 Å². The highest BCUT2D eigenvalue weighted by molar-refractivity contribution is 14.1. The third-order valence-electron chi connectivity index (χ3n) is 4.82. The lowest BCUT2D eigenvalue weighted by Crippen LogP contribution is -2.49. The normalized spacial score (nSPS) is 14.3. The highest BCUT2D eigenvalue weighted by Gasteiger charge is 2.21. The Labute approximate surface area is 180 Å². The largest absolute Gasteiger partial charge is 0.368 e. The summed E-state index contributed by atoms with van der Waals surface area (Å²) in [5.41, 5.74) is 2.57. The summed E-state index contributed by atoms with van der Waals surface area (Å²) in [6, 6.07) is 15.4. The number of carbonyl (C=O) groups is 2. The molecule has 148 valence electrons. The second-order valence-corrected chi connectivity index (χ2v) is 8.61. The molecule has 0 spiro atoms. The minimum atomic E-state index is -0.102. The van der Waals surface area contributed by atoms with Crippen LogP contribution >= 0.6 is 22.6 Å². The molecule has 1 heterocycles. The van der Waals surface area contributed by atoms with Crippen LogP contribution < -0.4 is 10.2 Å². The summed E-state index contributed by atoms with van der Waals surface area (Å²) < 4.78 is 0.930. The summed E-state index contributed by atoms with van der Waals surface area (Å²) in [7, 11) is 0. The van der Waals surface area contributed by atoms with E-state index in [0.29, 0.717) is 17.9 Å². The van der Waals surface area contributed by atoms with E-state index in [2.05, 4.69) is 46.7 Å². The van der Waals surface area contributed by atoms with Gasteiger partial charge in [-0.3, -0.25) is 9.59 Å². The minimum absolute atomic E-state index is 0.102. The summed E-state index contributed by atoms with van der Waals surface area (Å²) in [6.45, 7) is 7.34. The molecule has 0 bridgehead atoms. The van der Waals surface area contributed by atoms with Gasteiger partial charge in [-0.05, 0) is 64.9 Å². The molecule has 0 unspecified atom stereocenters. The van der Waals surface area contributed by atoms with Crippen LogP contribution in [0.1, 0.15) is 30.6 Å². The molecule has 1 fully saturated rings. The zero-order valence-electron chi connectivity index (χ0n) is 16.3. The van der Waals surface area contributed by atoms with Crippen molar-refractivity contribution in [3.05, 3.63) is 57.7 Å². The molecule has 2 amide bonds. The van der Waals surface area contributed by atoms with Gasteiger partial charge in [0.05, 0.1) is 5.56 Å². The molecule has 5 nitrogen and oxygen atoms in total. The Bertz CT molecular complexity index is 828. The van der Waals surface area contributed by atoms with E-state index in [1.165, 1.54) is 0 Å². The Hall–Kier alpha value is -2.09. The van der Waals surface area contributed by atoms with Crippen molar-refractivity contribution in [2.24, 2.45) is 5.92 Å². The molecular formula is C22H26IN3O2. The number of nitrogens with one attached hydrogen (secondary N) is 1. The maximum atomic E-state index is 12.4. The second kappa shape index (κ2) is 9.41. The average Bonchev–Trinajstić information content (AvgIpc) is 2.68. The molecule has 28 heavy (non-hydrogen) atoms. The zero-order valence-corrected chi connectivity index (χ0v) is 18.5. The van der Waals surface area contributed by atoms with E-state index < -0.39 is 0 Å². The number of carbonyl (C=O) groups excluding carboxylic acids is 2. The Balaban J connectivity index is 1.56. The molecule has 1 aliphatic heterocycles. The van der Waals surface area contributed by atoms with Crippen molar-refractivity contribution in [3.8, 4) is 0 Å². The molecular weight excluding hydrogens is 465 g/mol. The number of rotatable bonds is 5. The molecule has 0 aromatic heterocycles. The van der Waals surface area contributed by atoms with Crippen molar-refractivity contribution in [2.45, 2.75) is 20.3 Å². The number of hydrogen-bond donors (Lipinski definition) is 1. The van der Waals surface area contributed by atoms with E-state index in [0.717, 1.165) is 41.1 Å². The van der Waals surface area contributed by atoms with Crippen molar-refractivity contribution in [1.29, 1.82) is 0 Å². The Morgan fingerprint density at radius 2 is 1.64 bits per heavy atom. The maximum Gasteiger partial charge on any atom is 0.256 e. The first kappa shape index (κ1) is 20.6. The average molecular weight is 491 g/mol. The van der Waals surface area contributed by atoms with Crippen LogP contribution in [0.4, 0.5) is 11.4 Å². The van der Waals surface area contributed by atoms with E-state index in [-0.39, 0.29) is 11.8 Å². The summed E-state index contributed by atoms with van der Waals surface area (Å²) in [5.74, 6) is 0.547. The number of halogens is 1. The van der Waals surface area contributed by atoms with Crippen LogP contribution in [0.3, 0.4) is 0 Å². The Morgan fingerprint density at radius 3 is 2.25 bits per heavy atom. The van der Waals surface area contributed by atoms with Gasteiger partial charge in [0.2, 0.25) is 5.91 Å². The standard InChI is InChI=1S/C22H26IN3O2/c1-16(2)15-21(27)26-13-11-25(12-14-26)18-9-7-17(8-10-18)24-22(28)19-5-3-4-6-20(19)23/h3-10,16H,11-15H2,1-2H3,(H,24,28). The summed E-state index contributed by atoms with van der Waals surface area (Å²) in [4.78, 5) is 28.9. The number of hydrogen-bond acceptors (Lipinski definition) is 3. The van der Waals surface area contributed by atoms with Crippen molar-refractivity contribution in [2.75, 3.05) is 36.4 Å². The number of amides is 2. The molecule has 3 rings (SSSR count). The zero-order chi connectivity index (χ0) is 20.1. The molecule has 0 radical (unpaired) electrons. The molecule has 1 aliphatic rings. The van der Waals surface area contributed by atoms with Gasteiger partial charge < -0.3 is 15.1 Å². The fraction of sp³-hybridized carbons (Fsp3) is 0.364. The van der Waals surface area contributed by atoms with Crippen LogP contribution in [0.15, 0.2) is 48.5 Å². The van der Waals surface area contributed by atoms with Gasteiger partial charge in [-0.15, -0.1) is 0 Å². The minimum Gasteiger partial charge on any atom is -0.368 e. The van der Waals surface area contributed by atoms with Gasteiger partial charge in [-0.25, -0.2) is 0 Å². The van der Waals surface area contributed by atoms with Gasteiger partial charge in [0.1, 0.15) is 0 Å². The first-order valence-electron chi connectivity index (χ1n) is 9.62. The van der Waals surface area contributed by atoms with Gasteiger partial charge in [-0.2, -0.15) is 0 Å².